The van der Waals surface area contributed by atoms with E-state index in [1.807, 2.05) is 6.07 Å². The fourth-order valence-corrected chi connectivity index (χ4v) is 2.55. The van der Waals surface area contributed by atoms with Gasteiger partial charge in [-0.05, 0) is 36.8 Å². The Bertz CT molecular complexity index is 948. The van der Waals surface area contributed by atoms with Crippen molar-refractivity contribution in [2.24, 2.45) is 0 Å². The number of carbonyl (C=O) groups is 1. The highest BCUT2D eigenvalue weighted by Crippen LogP contribution is 2.29. The molecule has 0 aliphatic carbocycles. The molecule has 0 radical (unpaired) electrons. The summed E-state index contributed by atoms with van der Waals surface area (Å²) in [5.41, 5.74) is 1.04. The van der Waals surface area contributed by atoms with Crippen molar-refractivity contribution < 1.29 is 23.4 Å². The molecule has 0 bridgehead atoms. The molecule has 29 heavy (non-hydrogen) atoms. The molecule has 0 aliphatic heterocycles. The summed E-state index contributed by atoms with van der Waals surface area (Å²) in [6.45, 7) is 2.70. The van der Waals surface area contributed by atoms with Gasteiger partial charge in [-0.15, -0.1) is 5.10 Å². The molecule has 1 aromatic heterocycles. The second kappa shape index (κ2) is 9.59. The molecule has 0 saturated heterocycles. The molecule has 152 valence electrons. The lowest BCUT2D eigenvalue weighted by atomic mass is 10.2. The number of anilines is 1. The van der Waals surface area contributed by atoms with Crippen molar-refractivity contribution >= 4 is 11.9 Å². The summed E-state index contributed by atoms with van der Waals surface area (Å²) in [6.07, 6.45) is 2.00. The summed E-state index contributed by atoms with van der Waals surface area (Å²) >= 11 is 0. The Morgan fingerprint density at radius 2 is 1.79 bits per heavy atom. The zero-order valence-electron chi connectivity index (χ0n) is 16.6. The Balaban J connectivity index is 1.72. The summed E-state index contributed by atoms with van der Waals surface area (Å²) in [7, 11) is 3.11. The molecule has 2 aromatic carbocycles. The van der Waals surface area contributed by atoms with Gasteiger partial charge in [0.2, 0.25) is 5.89 Å². The smallest absolute Gasteiger partial charge is 0.322 e. The Kier molecular flexibility index (Phi) is 6.67. The third kappa shape index (κ3) is 5.25. The Morgan fingerprint density at radius 1 is 1.03 bits per heavy atom. The molecule has 1 heterocycles. The van der Waals surface area contributed by atoms with Crippen LogP contribution < -0.4 is 19.5 Å². The van der Waals surface area contributed by atoms with Crippen molar-refractivity contribution in [3.63, 3.8) is 0 Å². The fourth-order valence-electron chi connectivity index (χ4n) is 2.55. The quantitative estimate of drug-likeness (QED) is 0.541. The summed E-state index contributed by atoms with van der Waals surface area (Å²) in [6, 6.07) is 12.1. The molecule has 8 heteroatoms. The van der Waals surface area contributed by atoms with E-state index in [0.717, 1.165) is 12.8 Å². The van der Waals surface area contributed by atoms with Crippen molar-refractivity contribution in [3.8, 4) is 28.7 Å². The van der Waals surface area contributed by atoms with Gasteiger partial charge >= 0.3 is 6.01 Å². The molecule has 0 saturated carbocycles. The van der Waals surface area contributed by atoms with E-state index in [4.69, 9.17) is 18.6 Å². The Labute approximate surface area is 168 Å². The van der Waals surface area contributed by atoms with E-state index in [9.17, 15) is 4.79 Å². The van der Waals surface area contributed by atoms with Crippen molar-refractivity contribution in [1.29, 1.82) is 0 Å². The van der Waals surface area contributed by atoms with Crippen LogP contribution in [0.15, 0.2) is 46.9 Å². The van der Waals surface area contributed by atoms with Crippen LogP contribution in [-0.2, 0) is 0 Å². The number of nitrogens with one attached hydrogen (secondary N) is 1. The maximum atomic E-state index is 12.5. The number of unbranched alkanes of at least 4 members (excludes halogenated alkanes) is 1. The molecule has 1 amide bonds. The predicted octanol–water partition coefficient (Wildman–Crippen LogP) is 4.19. The summed E-state index contributed by atoms with van der Waals surface area (Å²) < 4.78 is 21.7. The van der Waals surface area contributed by atoms with Gasteiger partial charge in [-0.2, -0.15) is 0 Å². The van der Waals surface area contributed by atoms with E-state index in [2.05, 4.69) is 22.4 Å². The molecule has 0 atom stereocenters. The van der Waals surface area contributed by atoms with E-state index in [0.29, 0.717) is 35.0 Å². The third-order valence-electron chi connectivity index (χ3n) is 4.11. The van der Waals surface area contributed by atoms with Crippen LogP contribution >= 0.6 is 0 Å². The van der Waals surface area contributed by atoms with Gasteiger partial charge in [0.15, 0.2) is 0 Å². The number of hydrogen-bond acceptors (Lipinski definition) is 7. The van der Waals surface area contributed by atoms with Crippen LogP contribution in [-0.4, -0.2) is 36.9 Å². The van der Waals surface area contributed by atoms with Gasteiger partial charge in [0.25, 0.3) is 5.91 Å². The van der Waals surface area contributed by atoms with Crippen molar-refractivity contribution in [3.05, 3.63) is 48.0 Å². The lowest BCUT2D eigenvalue weighted by Crippen LogP contribution is -2.12. The summed E-state index contributed by atoms with van der Waals surface area (Å²) in [4.78, 5) is 12.5. The second-order valence-corrected chi connectivity index (χ2v) is 6.20. The van der Waals surface area contributed by atoms with Gasteiger partial charge in [0.1, 0.15) is 17.2 Å². The van der Waals surface area contributed by atoms with Gasteiger partial charge in [-0.1, -0.05) is 24.5 Å². The highest BCUT2D eigenvalue weighted by atomic mass is 16.5. The van der Waals surface area contributed by atoms with Crippen LogP contribution in [0.3, 0.4) is 0 Å². The number of carbonyl (C=O) groups excluding carboxylic acids is 1. The zero-order valence-corrected chi connectivity index (χ0v) is 16.6. The second-order valence-electron chi connectivity index (χ2n) is 6.20. The zero-order chi connectivity index (χ0) is 20.6. The molecule has 0 aliphatic rings. The monoisotopic (exact) mass is 397 g/mol. The van der Waals surface area contributed by atoms with Crippen molar-refractivity contribution in [1.82, 2.24) is 10.2 Å². The number of amides is 1. The minimum Gasteiger partial charge on any atom is -0.497 e. The normalized spacial score (nSPS) is 10.4. The lowest BCUT2D eigenvalue weighted by molar-refractivity contribution is 0.102. The predicted molar refractivity (Wildman–Crippen MR) is 108 cm³/mol. The van der Waals surface area contributed by atoms with Crippen LogP contribution in [0.4, 0.5) is 6.01 Å². The van der Waals surface area contributed by atoms with Gasteiger partial charge in [-0.3, -0.25) is 10.1 Å². The maximum Gasteiger partial charge on any atom is 0.322 e. The number of benzene rings is 2. The number of ether oxygens (including phenoxy) is 3. The Morgan fingerprint density at radius 3 is 2.48 bits per heavy atom. The minimum atomic E-state index is -0.371. The topological polar surface area (TPSA) is 95.7 Å². The molecule has 8 nitrogen and oxygen atoms in total. The van der Waals surface area contributed by atoms with Gasteiger partial charge in [0, 0.05) is 17.2 Å². The number of rotatable bonds is 9. The average molecular weight is 397 g/mol. The van der Waals surface area contributed by atoms with Crippen molar-refractivity contribution in [2.45, 2.75) is 19.8 Å². The first-order valence-electron chi connectivity index (χ1n) is 9.24. The van der Waals surface area contributed by atoms with E-state index < -0.39 is 0 Å². The van der Waals surface area contributed by atoms with Crippen LogP contribution in [0.25, 0.3) is 11.5 Å². The molecule has 0 spiro atoms. The molecule has 3 rings (SSSR count). The first kappa shape index (κ1) is 20.2. The first-order chi connectivity index (χ1) is 14.1. The fraction of sp³-hybridized carbons (Fsp3) is 0.286. The van der Waals surface area contributed by atoms with Gasteiger partial charge in [-0.25, -0.2) is 0 Å². The molecule has 0 fully saturated rings. The Hall–Kier alpha value is -3.55. The SMILES string of the molecule is CCCCOc1cccc(C(=O)Nc2nnc(-c3cc(OC)cc(OC)c3)o2)c1. The number of nitrogens with zero attached hydrogens (tertiary/aromatic N) is 2. The van der Waals surface area contributed by atoms with E-state index >= 15 is 0 Å². The van der Waals surface area contributed by atoms with Gasteiger partial charge < -0.3 is 18.6 Å². The number of methoxy groups -OCH3 is 2. The summed E-state index contributed by atoms with van der Waals surface area (Å²) in [5, 5.41) is 10.5. The van der Waals surface area contributed by atoms with Crippen molar-refractivity contribution in [2.75, 3.05) is 26.1 Å². The van der Waals surface area contributed by atoms with Crippen LogP contribution in [0.5, 0.6) is 17.2 Å². The van der Waals surface area contributed by atoms with E-state index in [-0.39, 0.29) is 17.8 Å². The number of aromatic nitrogens is 2. The standard InChI is InChI=1S/C21H23N3O5/c1-4-5-9-28-16-8-6-7-14(10-16)19(25)22-21-24-23-20(29-21)15-11-17(26-2)13-18(12-15)27-3/h6-8,10-13H,4-5,9H2,1-3H3,(H,22,24,25). The lowest BCUT2D eigenvalue weighted by Gasteiger charge is -2.07. The molecule has 0 unspecified atom stereocenters. The van der Waals surface area contributed by atoms with Crippen LogP contribution in [0.1, 0.15) is 30.1 Å². The molecule has 1 N–H and O–H groups in total. The molecular formula is C21H23N3O5. The van der Waals surface area contributed by atoms with Crippen LogP contribution in [0, 0.1) is 0 Å². The van der Waals surface area contributed by atoms with E-state index in [1.54, 1.807) is 50.6 Å². The first-order valence-corrected chi connectivity index (χ1v) is 9.24. The van der Waals surface area contributed by atoms with Crippen LogP contribution in [0.2, 0.25) is 0 Å². The third-order valence-corrected chi connectivity index (χ3v) is 4.11. The molecular weight excluding hydrogens is 374 g/mol. The largest absolute Gasteiger partial charge is 0.497 e. The summed E-state index contributed by atoms with van der Waals surface area (Å²) in [5.74, 6) is 1.67. The average Bonchev–Trinajstić information content (AvgIpc) is 3.22. The highest BCUT2D eigenvalue weighted by molar-refractivity contribution is 6.03. The highest BCUT2D eigenvalue weighted by Gasteiger charge is 2.15. The number of hydrogen-bond donors (Lipinski definition) is 1. The maximum absolute atomic E-state index is 12.5. The molecule has 3 aromatic rings. The van der Waals surface area contributed by atoms with E-state index in [1.165, 1.54) is 0 Å². The van der Waals surface area contributed by atoms with Gasteiger partial charge in [0.05, 0.1) is 20.8 Å². The minimum absolute atomic E-state index is 0.0101.